The molecule has 380 valence electrons. The fraction of sp³-hybridized carbons (Fsp3) is 0.308. The Morgan fingerprint density at radius 1 is 0.343 bits per heavy atom. The van der Waals surface area contributed by atoms with Crippen molar-refractivity contribution in [1.29, 1.82) is 0 Å². The molecule has 6 rings (SSSR count). The van der Waals surface area contributed by atoms with Crippen molar-refractivity contribution in [1.82, 2.24) is 18.6 Å². The van der Waals surface area contributed by atoms with Gasteiger partial charge in [0.15, 0.2) is 20.0 Å². The molecule has 0 atom stereocenters. The van der Waals surface area contributed by atoms with Gasteiger partial charge in [-0.3, -0.25) is 0 Å². The molecule has 0 unspecified atom stereocenters. The average Bonchev–Trinajstić information content (AvgIpc) is 3.78. The summed E-state index contributed by atoms with van der Waals surface area (Å²) in [6, 6.07) is 13.6. The SMILES string of the molecule is Cc1cc(C)c(-n2cc[n+](CN(C[n+]3ccn(-c4c(C)cc(C)cc4C)c3)C[n+]3ccn(-c4c(C)cc(C)cc4C)c3)c2)c(C)c1.F[P-](F)(F)(F)(F)F.F[P-](F)(F)(F)(F)F.F[P-](F)(F)(F)(F)F. The fourth-order valence-electron chi connectivity index (χ4n) is 7.40. The summed E-state index contributed by atoms with van der Waals surface area (Å²) in [5, 5.41) is 0. The van der Waals surface area contributed by atoms with Crippen LogP contribution in [0.15, 0.2) is 92.6 Å². The number of hydrogen-bond donors (Lipinski definition) is 0. The van der Waals surface area contributed by atoms with Crippen molar-refractivity contribution >= 4 is 23.4 Å². The predicted molar refractivity (Wildman–Crippen MR) is 223 cm³/mol. The predicted octanol–water partition coefficient (Wildman–Crippen LogP) is 16.4. The topological polar surface area (TPSA) is 29.7 Å². The minimum atomic E-state index is -10.7. The van der Waals surface area contributed by atoms with E-state index in [1.807, 2.05) is 0 Å². The van der Waals surface area contributed by atoms with Crippen LogP contribution in [0.5, 0.6) is 0 Å². The van der Waals surface area contributed by atoms with Crippen molar-refractivity contribution in [2.24, 2.45) is 0 Å². The number of aryl methyl sites for hydroxylation is 9. The molecule has 3 aromatic heterocycles. The molecule has 3 aromatic carbocycles. The number of rotatable bonds is 9. The second kappa shape index (κ2) is 16.8. The van der Waals surface area contributed by atoms with Gasteiger partial charge in [0.1, 0.15) is 54.2 Å². The molecule has 0 bridgehead atoms. The monoisotopic (exact) mass is 1050 g/mol. The second-order valence-corrected chi connectivity index (χ2v) is 22.0. The van der Waals surface area contributed by atoms with Crippen LogP contribution in [0.25, 0.3) is 17.1 Å². The molecule has 0 spiro atoms. The summed E-state index contributed by atoms with van der Waals surface area (Å²) in [6.07, 6.45) is 19.7. The zero-order valence-electron chi connectivity index (χ0n) is 37.1. The molecular weight excluding hydrogens is 1000 g/mol. The fourth-order valence-corrected chi connectivity index (χ4v) is 7.40. The summed E-state index contributed by atoms with van der Waals surface area (Å²) in [5.41, 5.74) is 15.4. The third-order valence-electron chi connectivity index (χ3n) is 8.85. The maximum atomic E-state index is 9.87. The molecule has 0 aliphatic carbocycles. The van der Waals surface area contributed by atoms with Gasteiger partial charge in [0.25, 0.3) is 0 Å². The van der Waals surface area contributed by atoms with E-state index >= 15 is 0 Å². The first-order valence-corrected chi connectivity index (χ1v) is 25.3. The van der Waals surface area contributed by atoms with Gasteiger partial charge in [0, 0.05) is 0 Å². The molecule has 0 amide bonds. The molecule has 0 saturated carbocycles. The zero-order chi connectivity index (χ0) is 51.9. The Hall–Kier alpha value is -4.72. The summed E-state index contributed by atoms with van der Waals surface area (Å²) >= 11 is 0. The van der Waals surface area contributed by atoms with Gasteiger partial charge in [-0.2, -0.15) is 4.90 Å². The molecule has 7 nitrogen and oxygen atoms in total. The van der Waals surface area contributed by atoms with E-state index in [0.29, 0.717) is 0 Å². The van der Waals surface area contributed by atoms with E-state index in [0.717, 1.165) is 20.0 Å². The normalized spacial score (nSPS) is 15.2. The molecule has 0 aliphatic rings. The average molecular weight is 1050 g/mol. The molecule has 3 heterocycles. The zero-order valence-corrected chi connectivity index (χ0v) is 39.7. The van der Waals surface area contributed by atoms with Crippen LogP contribution in [-0.2, 0) is 20.0 Å². The van der Waals surface area contributed by atoms with Gasteiger partial charge in [-0.15, -0.1) is 0 Å². The number of nitrogens with zero attached hydrogens (tertiary/aromatic N) is 7. The molecular formula is C39H48F18N7P3. The van der Waals surface area contributed by atoms with E-state index in [1.54, 1.807) is 0 Å². The number of benzene rings is 3. The van der Waals surface area contributed by atoms with Crippen molar-refractivity contribution < 1.29 is 89.2 Å². The molecule has 0 fully saturated rings. The molecule has 0 N–H and O–H groups in total. The van der Waals surface area contributed by atoms with E-state index in [4.69, 9.17) is 0 Å². The summed E-state index contributed by atoms with van der Waals surface area (Å²) < 4.78 is 191. The molecule has 6 aromatic rings. The summed E-state index contributed by atoms with van der Waals surface area (Å²) in [6.45, 7) is 21.9. The van der Waals surface area contributed by atoms with Gasteiger partial charge < -0.3 is 0 Å². The van der Waals surface area contributed by atoms with Crippen molar-refractivity contribution in [2.75, 3.05) is 0 Å². The molecule has 0 aliphatic heterocycles. The molecule has 67 heavy (non-hydrogen) atoms. The van der Waals surface area contributed by atoms with Crippen LogP contribution in [0.2, 0.25) is 0 Å². The van der Waals surface area contributed by atoms with Gasteiger partial charge in [0.2, 0.25) is 19.0 Å². The van der Waals surface area contributed by atoms with Crippen LogP contribution in [-0.4, -0.2) is 18.6 Å². The van der Waals surface area contributed by atoms with Gasteiger partial charge in [0.05, 0.1) is 0 Å². The first kappa shape index (κ1) is 56.6. The van der Waals surface area contributed by atoms with Gasteiger partial charge in [-0.05, 0) is 95.7 Å². The Labute approximate surface area is 372 Å². The van der Waals surface area contributed by atoms with Gasteiger partial charge in [-0.25, -0.2) is 27.4 Å². The van der Waals surface area contributed by atoms with Crippen LogP contribution < -0.4 is 13.7 Å². The Kier molecular flexibility index (Phi) is 14.2. The van der Waals surface area contributed by atoms with Gasteiger partial charge in [-0.1, -0.05) is 53.1 Å². The number of aromatic nitrogens is 6. The van der Waals surface area contributed by atoms with E-state index in [-0.39, 0.29) is 0 Å². The number of imidazole rings is 3. The van der Waals surface area contributed by atoms with Crippen LogP contribution >= 0.6 is 23.4 Å². The first-order valence-electron chi connectivity index (χ1n) is 19.2. The Morgan fingerprint density at radius 3 is 0.672 bits per heavy atom. The van der Waals surface area contributed by atoms with Crippen molar-refractivity contribution in [2.45, 2.75) is 82.3 Å². The van der Waals surface area contributed by atoms with Crippen LogP contribution in [0, 0.1) is 62.3 Å². The summed E-state index contributed by atoms with van der Waals surface area (Å²) in [4.78, 5) is 2.46. The van der Waals surface area contributed by atoms with Crippen LogP contribution in [0.4, 0.5) is 75.5 Å². The van der Waals surface area contributed by atoms with Crippen LogP contribution in [0.3, 0.4) is 0 Å². The summed E-state index contributed by atoms with van der Waals surface area (Å²) in [7, 11) is -32.0. The first-order chi connectivity index (χ1) is 29.3. The van der Waals surface area contributed by atoms with Crippen molar-refractivity contribution in [3.8, 4) is 17.1 Å². The van der Waals surface area contributed by atoms with Crippen LogP contribution in [0.1, 0.15) is 50.1 Å². The third-order valence-corrected chi connectivity index (χ3v) is 8.85. The van der Waals surface area contributed by atoms with Crippen molar-refractivity contribution in [3.05, 3.63) is 143 Å². The van der Waals surface area contributed by atoms with Crippen molar-refractivity contribution in [3.63, 3.8) is 0 Å². The standard InChI is InChI=1S/C39H48N7.3F6P/c1-28-16-31(4)37(32(5)17-28)44-13-10-40(25-44)22-43(23-41-11-14-45(26-41)38-33(6)18-29(2)19-34(38)7)24-42-12-15-46(27-42)39-35(8)20-30(3)21-36(39)9;3*1-7(2,3,4,5)6/h10-21,25-27H,22-24H2,1-9H3;;;/q+3;3*-1. The molecule has 0 radical (unpaired) electrons. The quantitative estimate of drug-likeness (QED) is 0.0806. The Bertz CT molecular complexity index is 2360. The second-order valence-electron chi connectivity index (χ2n) is 16.2. The van der Waals surface area contributed by atoms with E-state index in [2.05, 4.69) is 187 Å². The molecule has 0 saturated heterocycles. The number of halogens is 18. The Morgan fingerprint density at radius 2 is 0.507 bits per heavy atom. The van der Waals surface area contributed by atoms with E-state index < -0.39 is 23.4 Å². The molecule has 28 heteroatoms. The van der Waals surface area contributed by atoms with Gasteiger partial charge >= 0.3 is 99.0 Å². The summed E-state index contributed by atoms with van der Waals surface area (Å²) in [5.74, 6) is 0. The van der Waals surface area contributed by atoms with E-state index in [9.17, 15) is 75.5 Å². The minimum absolute atomic E-state index is 0.735. The van der Waals surface area contributed by atoms with E-state index in [1.165, 1.54) is 67.1 Å². The Balaban J connectivity index is 0.000000471. The maximum absolute atomic E-state index is 10.7. The number of hydrogen-bond acceptors (Lipinski definition) is 1. The third kappa shape index (κ3) is 24.2.